The van der Waals surface area contributed by atoms with E-state index < -0.39 is 6.10 Å². The van der Waals surface area contributed by atoms with E-state index in [1.807, 2.05) is 48.5 Å². The number of benzene rings is 2. The third kappa shape index (κ3) is 3.94. The van der Waals surface area contributed by atoms with Crippen LogP contribution in [-0.2, 0) is 11.2 Å². The highest BCUT2D eigenvalue weighted by Crippen LogP contribution is 2.32. The molecule has 0 bridgehead atoms. The van der Waals surface area contributed by atoms with Gasteiger partial charge < -0.3 is 19.5 Å². The Balaban J connectivity index is 1.45. The Morgan fingerprint density at radius 1 is 1.17 bits per heavy atom. The third-order valence-electron chi connectivity index (χ3n) is 3.58. The van der Waals surface area contributed by atoms with Gasteiger partial charge in [0.25, 0.3) is 5.91 Å². The molecular formula is C18H19NO4. The number of carbonyl (C=O) groups excluding carboxylic acids is 1. The van der Waals surface area contributed by atoms with Crippen molar-refractivity contribution in [1.82, 2.24) is 5.32 Å². The lowest BCUT2D eigenvalue weighted by Gasteiger charge is -2.14. The molecule has 1 aliphatic heterocycles. The van der Waals surface area contributed by atoms with Crippen molar-refractivity contribution < 1.29 is 19.0 Å². The molecule has 23 heavy (non-hydrogen) atoms. The topological polar surface area (TPSA) is 56.8 Å². The summed E-state index contributed by atoms with van der Waals surface area (Å²) >= 11 is 0. The van der Waals surface area contributed by atoms with Crippen LogP contribution in [0.1, 0.15) is 12.5 Å². The van der Waals surface area contributed by atoms with E-state index in [9.17, 15) is 4.79 Å². The van der Waals surface area contributed by atoms with Crippen LogP contribution in [0.2, 0.25) is 0 Å². The molecule has 0 unspecified atom stereocenters. The fourth-order valence-electron chi connectivity index (χ4n) is 2.33. The first kappa shape index (κ1) is 15.2. The molecule has 0 spiro atoms. The van der Waals surface area contributed by atoms with E-state index in [1.165, 1.54) is 0 Å². The lowest BCUT2D eigenvalue weighted by molar-refractivity contribution is -0.127. The lowest BCUT2D eigenvalue weighted by Crippen LogP contribution is -2.37. The summed E-state index contributed by atoms with van der Waals surface area (Å²) in [5.74, 6) is 2.08. The van der Waals surface area contributed by atoms with Crippen molar-refractivity contribution in [2.75, 3.05) is 13.3 Å². The van der Waals surface area contributed by atoms with Gasteiger partial charge in [-0.05, 0) is 43.2 Å². The van der Waals surface area contributed by atoms with Gasteiger partial charge in [-0.1, -0.05) is 24.3 Å². The molecule has 0 fully saturated rings. The number of hydrogen-bond acceptors (Lipinski definition) is 4. The molecule has 5 nitrogen and oxygen atoms in total. The largest absolute Gasteiger partial charge is 0.481 e. The van der Waals surface area contributed by atoms with E-state index in [4.69, 9.17) is 14.2 Å². The maximum absolute atomic E-state index is 12.0. The van der Waals surface area contributed by atoms with Gasteiger partial charge in [-0.3, -0.25) is 4.79 Å². The van der Waals surface area contributed by atoms with Crippen molar-refractivity contribution in [2.45, 2.75) is 19.4 Å². The Labute approximate surface area is 135 Å². The van der Waals surface area contributed by atoms with Gasteiger partial charge in [0.15, 0.2) is 17.6 Å². The zero-order valence-corrected chi connectivity index (χ0v) is 13.0. The van der Waals surface area contributed by atoms with Gasteiger partial charge in [0.2, 0.25) is 6.79 Å². The summed E-state index contributed by atoms with van der Waals surface area (Å²) in [4.78, 5) is 12.0. The Morgan fingerprint density at radius 3 is 2.78 bits per heavy atom. The predicted molar refractivity (Wildman–Crippen MR) is 85.8 cm³/mol. The van der Waals surface area contributed by atoms with Crippen molar-refractivity contribution in [3.05, 3.63) is 54.1 Å². The smallest absolute Gasteiger partial charge is 0.260 e. The molecule has 2 aromatic carbocycles. The standard InChI is InChI=1S/C18H19NO4/c1-13(23-15-5-3-2-4-6-15)18(20)19-10-9-14-7-8-16-17(11-14)22-12-21-16/h2-8,11,13H,9-10,12H2,1H3,(H,19,20)/t13-/m0/s1. The summed E-state index contributed by atoms with van der Waals surface area (Å²) in [7, 11) is 0. The number of rotatable bonds is 6. The molecule has 1 atom stereocenters. The average molecular weight is 313 g/mol. The minimum absolute atomic E-state index is 0.130. The zero-order chi connectivity index (χ0) is 16.1. The maximum atomic E-state index is 12.0. The van der Waals surface area contributed by atoms with Crippen molar-refractivity contribution in [2.24, 2.45) is 0 Å². The fourth-order valence-corrected chi connectivity index (χ4v) is 2.33. The number of nitrogens with one attached hydrogen (secondary N) is 1. The highest BCUT2D eigenvalue weighted by atomic mass is 16.7. The second kappa shape index (κ2) is 7.05. The number of amides is 1. The molecule has 0 radical (unpaired) electrons. The summed E-state index contributed by atoms with van der Waals surface area (Å²) in [6, 6.07) is 15.1. The van der Waals surface area contributed by atoms with Gasteiger partial charge >= 0.3 is 0 Å². The normalized spacial score (nSPS) is 13.4. The SMILES string of the molecule is C[C@H](Oc1ccccc1)C(=O)NCCc1ccc2c(c1)OCO2. The molecule has 2 aromatic rings. The molecule has 0 aliphatic carbocycles. The van der Waals surface area contributed by atoms with Crippen LogP contribution < -0.4 is 19.5 Å². The molecular weight excluding hydrogens is 294 g/mol. The minimum Gasteiger partial charge on any atom is -0.481 e. The highest BCUT2D eigenvalue weighted by Gasteiger charge is 2.15. The van der Waals surface area contributed by atoms with Gasteiger partial charge in [0.05, 0.1) is 0 Å². The van der Waals surface area contributed by atoms with Crippen molar-refractivity contribution in [1.29, 1.82) is 0 Å². The molecule has 0 saturated heterocycles. The molecule has 0 saturated carbocycles. The lowest BCUT2D eigenvalue weighted by atomic mass is 10.1. The van der Waals surface area contributed by atoms with Crippen LogP contribution in [-0.4, -0.2) is 25.3 Å². The third-order valence-corrected chi connectivity index (χ3v) is 3.58. The molecule has 5 heteroatoms. The molecule has 1 aliphatic rings. The predicted octanol–water partition coefficient (Wildman–Crippen LogP) is 2.54. The van der Waals surface area contributed by atoms with Crippen molar-refractivity contribution in [3.8, 4) is 17.2 Å². The van der Waals surface area contributed by atoms with Gasteiger partial charge in [-0.15, -0.1) is 0 Å². The molecule has 120 valence electrons. The van der Waals surface area contributed by atoms with Gasteiger partial charge in [-0.2, -0.15) is 0 Å². The van der Waals surface area contributed by atoms with Crippen LogP contribution in [0, 0.1) is 0 Å². The maximum Gasteiger partial charge on any atom is 0.260 e. The molecule has 3 rings (SSSR count). The second-order valence-corrected chi connectivity index (χ2v) is 5.30. The highest BCUT2D eigenvalue weighted by molar-refractivity contribution is 5.80. The van der Waals surface area contributed by atoms with Crippen LogP contribution in [0.4, 0.5) is 0 Å². The van der Waals surface area contributed by atoms with E-state index in [0.29, 0.717) is 12.3 Å². The average Bonchev–Trinajstić information content (AvgIpc) is 3.03. The molecule has 1 heterocycles. The zero-order valence-electron chi connectivity index (χ0n) is 13.0. The number of ether oxygens (including phenoxy) is 3. The summed E-state index contributed by atoms with van der Waals surface area (Å²) in [6.07, 6.45) is 0.189. The molecule has 1 N–H and O–H groups in total. The first-order chi connectivity index (χ1) is 11.2. The van der Waals surface area contributed by atoms with E-state index in [1.54, 1.807) is 6.92 Å². The summed E-state index contributed by atoms with van der Waals surface area (Å²) in [5.41, 5.74) is 1.09. The monoisotopic (exact) mass is 313 g/mol. The van der Waals surface area contributed by atoms with Crippen LogP contribution in [0.5, 0.6) is 17.2 Å². The van der Waals surface area contributed by atoms with Gasteiger partial charge in [-0.25, -0.2) is 0 Å². The summed E-state index contributed by atoms with van der Waals surface area (Å²) < 4.78 is 16.2. The van der Waals surface area contributed by atoms with E-state index in [-0.39, 0.29) is 12.7 Å². The number of para-hydroxylation sites is 1. The molecule has 0 aromatic heterocycles. The van der Waals surface area contributed by atoms with Crippen LogP contribution in [0.15, 0.2) is 48.5 Å². The number of fused-ring (bicyclic) bond motifs is 1. The van der Waals surface area contributed by atoms with Gasteiger partial charge in [0, 0.05) is 6.54 Å². The second-order valence-electron chi connectivity index (χ2n) is 5.30. The Morgan fingerprint density at radius 2 is 1.96 bits per heavy atom. The van der Waals surface area contributed by atoms with Crippen molar-refractivity contribution >= 4 is 5.91 Å². The van der Waals surface area contributed by atoms with E-state index >= 15 is 0 Å². The number of carbonyl (C=O) groups is 1. The minimum atomic E-state index is -0.533. The van der Waals surface area contributed by atoms with E-state index in [0.717, 1.165) is 23.5 Å². The number of hydrogen-bond donors (Lipinski definition) is 1. The van der Waals surface area contributed by atoms with Crippen molar-refractivity contribution in [3.63, 3.8) is 0 Å². The summed E-state index contributed by atoms with van der Waals surface area (Å²) in [6.45, 7) is 2.55. The summed E-state index contributed by atoms with van der Waals surface area (Å²) in [5, 5.41) is 2.88. The first-order valence-corrected chi connectivity index (χ1v) is 7.60. The van der Waals surface area contributed by atoms with Crippen LogP contribution in [0.25, 0.3) is 0 Å². The quantitative estimate of drug-likeness (QED) is 0.890. The van der Waals surface area contributed by atoms with Gasteiger partial charge in [0.1, 0.15) is 5.75 Å². The first-order valence-electron chi connectivity index (χ1n) is 7.60. The Bertz CT molecular complexity index is 672. The van der Waals surface area contributed by atoms with E-state index in [2.05, 4.69) is 5.32 Å². The fraction of sp³-hybridized carbons (Fsp3) is 0.278. The van der Waals surface area contributed by atoms with Crippen LogP contribution >= 0.6 is 0 Å². The molecule has 1 amide bonds. The Kier molecular flexibility index (Phi) is 4.66. The van der Waals surface area contributed by atoms with Crippen LogP contribution in [0.3, 0.4) is 0 Å². The Hall–Kier alpha value is -2.69.